The SMILES string of the molecule is CNC1=C(c2cc(OC)cc(C(F)(F)F)c2)C(=O)C(c2ccccc2)S1. The molecular weight excluding hydrogens is 363 g/mol. The standard InChI is InChI=1S/C19H16F3NO2S/c1-23-18-15(16(24)17(26-18)11-6-4-3-5-7-11)12-8-13(19(20,21)22)10-14(9-12)25-2/h3-10,17,23H,1-2H3. The van der Waals surface area contributed by atoms with E-state index in [9.17, 15) is 18.0 Å². The number of methoxy groups -OCH3 is 1. The van der Waals surface area contributed by atoms with Crippen LogP contribution in [0.3, 0.4) is 0 Å². The molecule has 7 heteroatoms. The van der Waals surface area contributed by atoms with Gasteiger partial charge in [-0.25, -0.2) is 0 Å². The molecule has 1 atom stereocenters. The van der Waals surface area contributed by atoms with Gasteiger partial charge in [0.15, 0.2) is 5.78 Å². The zero-order chi connectivity index (χ0) is 18.9. The summed E-state index contributed by atoms with van der Waals surface area (Å²) in [5.74, 6) is -0.175. The van der Waals surface area contributed by atoms with Crippen LogP contribution >= 0.6 is 11.8 Å². The Labute approximate surface area is 153 Å². The molecular formula is C19H16F3NO2S. The van der Waals surface area contributed by atoms with Gasteiger partial charge in [-0.1, -0.05) is 42.1 Å². The average molecular weight is 379 g/mol. The van der Waals surface area contributed by atoms with E-state index < -0.39 is 17.0 Å². The van der Waals surface area contributed by atoms with Crippen molar-refractivity contribution in [1.82, 2.24) is 5.32 Å². The Morgan fingerprint density at radius 2 is 1.81 bits per heavy atom. The molecule has 1 N–H and O–H groups in total. The summed E-state index contributed by atoms with van der Waals surface area (Å²) in [4.78, 5) is 13.0. The van der Waals surface area contributed by atoms with Crippen LogP contribution in [0.2, 0.25) is 0 Å². The highest BCUT2D eigenvalue weighted by Gasteiger charge is 2.37. The number of ketones is 1. The smallest absolute Gasteiger partial charge is 0.416 e. The first-order chi connectivity index (χ1) is 12.3. The van der Waals surface area contributed by atoms with E-state index in [2.05, 4.69) is 5.32 Å². The number of Topliss-reactive ketones (excluding diaryl/α,β-unsaturated/α-hetero) is 1. The lowest BCUT2D eigenvalue weighted by molar-refractivity contribution is -0.137. The molecule has 136 valence electrons. The monoisotopic (exact) mass is 379 g/mol. The quantitative estimate of drug-likeness (QED) is 0.839. The first kappa shape index (κ1) is 18.4. The lowest BCUT2D eigenvalue weighted by Gasteiger charge is -2.13. The molecule has 0 saturated carbocycles. The van der Waals surface area contributed by atoms with Gasteiger partial charge in [0, 0.05) is 7.05 Å². The molecule has 2 aromatic rings. The lowest BCUT2D eigenvalue weighted by Crippen LogP contribution is -2.10. The summed E-state index contributed by atoms with van der Waals surface area (Å²) in [7, 11) is 2.94. The van der Waals surface area contributed by atoms with Crippen molar-refractivity contribution in [3.8, 4) is 5.75 Å². The molecule has 0 radical (unpaired) electrons. The van der Waals surface area contributed by atoms with Gasteiger partial charge in [-0.05, 0) is 29.3 Å². The van der Waals surface area contributed by atoms with Gasteiger partial charge in [0.2, 0.25) is 0 Å². The minimum Gasteiger partial charge on any atom is -0.497 e. The van der Waals surface area contributed by atoms with Crippen molar-refractivity contribution in [2.45, 2.75) is 11.4 Å². The summed E-state index contributed by atoms with van der Waals surface area (Å²) < 4.78 is 44.6. The first-order valence-electron chi connectivity index (χ1n) is 7.79. The number of hydrogen-bond donors (Lipinski definition) is 1. The molecule has 0 aliphatic carbocycles. The number of hydrogen-bond acceptors (Lipinski definition) is 4. The van der Waals surface area contributed by atoms with Gasteiger partial charge >= 0.3 is 6.18 Å². The van der Waals surface area contributed by atoms with Crippen LogP contribution in [-0.2, 0) is 11.0 Å². The summed E-state index contributed by atoms with van der Waals surface area (Å²) in [6.45, 7) is 0. The minimum atomic E-state index is -4.53. The van der Waals surface area contributed by atoms with Crippen molar-refractivity contribution < 1.29 is 22.7 Å². The van der Waals surface area contributed by atoms with Gasteiger partial charge in [-0.2, -0.15) is 13.2 Å². The van der Waals surface area contributed by atoms with Crippen LogP contribution < -0.4 is 10.1 Å². The minimum absolute atomic E-state index is 0.0544. The van der Waals surface area contributed by atoms with Gasteiger partial charge in [0.25, 0.3) is 0 Å². The third-order valence-corrected chi connectivity index (χ3v) is 5.40. The summed E-state index contributed by atoms with van der Waals surface area (Å²) in [5, 5.41) is 2.99. The third-order valence-electron chi connectivity index (χ3n) is 4.03. The van der Waals surface area contributed by atoms with Crippen molar-refractivity contribution in [3.05, 3.63) is 70.3 Å². The third kappa shape index (κ3) is 3.44. The highest BCUT2D eigenvalue weighted by atomic mass is 32.2. The molecule has 0 saturated heterocycles. The molecule has 1 aliphatic heterocycles. The van der Waals surface area contributed by atoms with E-state index >= 15 is 0 Å². The summed E-state index contributed by atoms with van der Waals surface area (Å²) in [6, 6.07) is 12.5. The molecule has 1 heterocycles. The maximum Gasteiger partial charge on any atom is 0.416 e. The van der Waals surface area contributed by atoms with Gasteiger partial charge in [-0.3, -0.25) is 4.79 Å². The Morgan fingerprint density at radius 1 is 1.12 bits per heavy atom. The highest BCUT2D eigenvalue weighted by Crippen LogP contribution is 2.48. The van der Waals surface area contributed by atoms with Crippen LogP contribution in [0.5, 0.6) is 5.75 Å². The van der Waals surface area contributed by atoms with Gasteiger partial charge in [0.05, 0.1) is 28.5 Å². The second-order valence-electron chi connectivity index (χ2n) is 5.67. The molecule has 0 fully saturated rings. The van der Waals surface area contributed by atoms with Crippen LogP contribution in [0.25, 0.3) is 5.57 Å². The van der Waals surface area contributed by atoms with Crippen molar-refractivity contribution >= 4 is 23.1 Å². The van der Waals surface area contributed by atoms with Crippen LogP contribution in [0, 0.1) is 0 Å². The second kappa shape index (κ2) is 7.07. The number of nitrogens with one attached hydrogen (secondary N) is 1. The maximum atomic E-state index is 13.2. The van der Waals surface area contributed by atoms with Crippen molar-refractivity contribution in [1.29, 1.82) is 0 Å². The van der Waals surface area contributed by atoms with Crippen LogP contribution in [-0.4, -0.2) is 19.9 Å². The fourth-order valence-corrected chi connectivity index (χ4v) is 4.01. The normalized spacial score (nSPS) is 17.6. The topological polar surface area (TPSA) is 38.3 Å². The number of rotatable bonds is 4. The predicted molar refractivity (Wildman–Crippen MR) is 95.8 cm³/mol. The van der Waals surface area contributed by atoms with E-state index in [-0.39, 0.29) is 22.7 Å². The van der Waals surface area contributed by atoms with E-state index in [1.807, 2.05) is 30.3 Å². The Hall–Kier alpha value is -2.41. The van der Waals surface area contributed by atoms with Crippen molar-refractivity contribution in [2.24, 2.45) is 0 Å². The summed E-state index contributed by atoms with van der Waals surface area (Å²) in [6.07, 6.45) is -4.53. The molecule has 3 rings (SSSR count). The Bertz CT molecular complexity index is 863. The molecule has 2 aromatic carbocycles. The van der Waals surface area contributed by atoms with Crippen LogP contribution in [0.1, 0.15) is 21.9 Å². The molecule has 1 unspecified atom stereocenters. The molecule has 26 heavy (non-hydrogen) atoms. The molecule has 1 aliphatic rings. The zero-order valence-electron chi connectivity index (χ0n) is 14.1. The maximum absolute atomic E-state index is 13.2. The van der Waals surface area contributed by atoms with E-state index in [1.54, 1.807) is 7.05 Å². The van der Waals surface area contributed by atoms with E-state index in [0.717, 1.165) is 17.7 Å². The number of ether oxygens (including phenoxy) is 1. The number of allylic oxidation sites excluding steroid dienone is 1. The number of thioether (sulfide) groups is 1. The molecule has 0 amide bonds. The number of carbonyl (C=O) groups is 1. The summed E-state index contributed by atoms with van der Waals surface area (Å²) >= 11 is 1.30. The number of alkyl halides is 3. The summed E-state index contributed by atoms with van der Waals surface area (Å²) in [5.41, 5.74) is 0.396. The zero-order valence-corrected chi connectivity index (χ0v) is 14.9. The predicted octanol–water partition coefficient (Wildman–Crippen LogP) is 4.66. The lowest BCUT2D eigenvalue weighted by atomic mass is 9.96. The largest absolute Gasteiger partial charge is 0.497 e. The Kier molecular flexibility index (Phi) is 5.00. The van der Waals surface area contributed by atoms with Gasteiger partial charge in [-0.15, -0.1) is 0 Å². The van der Waals surface area contributed by atoms with E-state index in [0.29, 0.717) is 5.03 Å². The number of halogens is 3. The average Bonchev–Trinajstić information content (AvgIpc) is 2.97. The fourth-order valence-electron chi connectivity index (χ4n) is 2.80. The first-order valence-corrected chi connectivity index (χ1v) is 8.67. The van der Waals surface area contributed by atoms with Crippen LogP contribution in [0.4, 0.5) is 13.2 Å². The number of benzene rings is 2. The van der Waals surface area contributed by atoms with E-state index in [1.165, 1.54) is 24.9 Å². The molecule has 0 spiro atoms. The Morgan fingerprint density at radius 3 is 2.38 bits per heavy atom. The van der Waals surface area contributed by atoms with Crippen molar-refractivity contribution in [3.63, 3.8) is 0 Å². The molecule has 3 nitrogen and oxygen atoms in total. The van der Waals surface area contributed by atoms with Gasteiger partial charge in [0.1, 0.15) is 5.75 Å². The molecule has 0 aromatic heterocycles. The van der Waals surface area contributed by atoms with Crippen molar-refractivity contribution in [2.75, 3.05) is 14.2 Å². The highest BCUT2D eigenvalue weighted by molar-refractivity contribution is 8.04. The van der Waals surface area contributed by atoms with Gasteiger partial charge < -0.3 is 10.1 Å². The number of carbonyl (C=O) groups excluding carboxylic acids is 1. The van der Waals surface area contributed by atoms with E-state index in [4.69, 9.17) is 4.74 Å². The fraction of sp³-hybridized carbons (Fsp3) is 0.211. The van der Waals surface area contributed by atoms with Crippen LogP contribution in [0.15, 0.2) is 53.6 Å². The molecule has 0 bridgehead atoms. The second-order valence-corrected chi connectivity index (χ2v) is 6.79. The Balaban J connectivity index is 2.08.